The Labute approximate surface area is 288 Å². The van der Waals surface area contributed by atoms with Gasteiger partial charge in [-0.2, -0.15) is 0 Å². The van der Waals surface area contributed by atoms with E-state index in [-0.39, 0.29) is 19.3 Å². The van der Waals surface area contributed by atoms with Crippen molar-refractivity contribution in [1.29, 1.82) is 0 Å². The molecule has 49 heavy (non-hydrogen) atoms. The Kier molecular flexibility index (Phi) is 24.8. The van der Waals surface area contributed by atoms with Crippen molar-refractivity contribution in [3.05, 3.63) is 0 Å². The minimum atomic E-state index is -1.54. The first-order chi connectivity index (χ1) is 23.1. The van der Waals surface area contributed by atoms with Crippen molar-refractivity contribution >= 4 is 35.8 Å². The lowest BCUT2D eigenvalue weighted by Crippen LogP contribution is -2.37. The summed E-state index contributed by atoms with van der Waals surface area (Å²) in [5.74, 6) is -10.8. The van der Waals surface area contributed by atoms with E-state index in [4.69, 9.17) is 25.4 Å². The van der Waals surface area contributed by atoms with E-state index in [1.807, 2.05) is 0 Å². The lowest BCUT2D eigenvalue weighted by molar-refractivity contribution is -0.173. The van der Waals surface area contributed by atoms with E-state index >= 15 is 0 Å². The molecule has 7 unspecified atom stereocenters. The van der Waals surface area contributed by atoms with Crippen molar-refractivity contribution in [3.63, 3.8) is 0 Å². The van der Waals surface area contributed by atoms with E-state index in [1.165, 1.54) is 0 Å². The van der Waals surface area contributed by atoms with Crippen molar-refractivity contribution in [2.75, 3.05) is 0 Å². The number of hydrogen-bond acceptors (Lipinski definition) is 11. The summed E-state index contributed by atoms with van der Waals surface area (Å²) in [6, 6.07) is -0.448. The first-order valence-corrected chi connectivity index (χ1v) is 17.5. The molecule has 0 saturated carbocycles. The van der Waals surface area contributed by atoms with Crippen LogP contribution >= 0.6 is 0 Å². The molecule has 0 saturated heterocycles. The zero-order valence-electron chi connectivity index (χ0n) is 29.0. The summed E-state index contributed by atoms with van der Waals surface area (Å²) in [4.78, 5) is 71.2. The van der Waals surface area contributed by atoms with Crippen molar-refractivity contribution < 1.29 is 68.9 Å². The predicted molar refractivity (Wildman–Crippen MR) is 176 cm³/mol. The number of carbonyl (C=O) groups is 6. The van der Waals surface area contributed by atoms with Gasteiger partial charge in [-0.05, 0) is 39.0 Å². The quantitative estimate of drug-likeness (QED) is 0.0398. The smallest absolute Gasteiger partial charge is 0.307 e. The topological polar surface area (TPSA) is 268 Å². The average Bonchev–Trinajstić information content (AvgIpc) is 2.99. The Morgan fingerprint density at radius 2 is 0.939 bits per heavy atom. The Hall–Kier alpha value is -3.30. The fourth-order valence-electron chi connectivity index (χ4n) is 5.39. The number of aliphatic hydroxyl groups excluding tert-OH is 2. The summed E-state index contributed by atoms with van der Waals surface area (Å²) < 4.78 is 11.3. The summed E-state index contributed by atoms with van der Waals surface area (Å²) in [6.07, 6.45) is 3.25. The van der Waals surface area contributed by atoms with Crippen molar-refractivity contribution in [1.82, 2.24) is 0 Å². The number of carbonyl (C=O) groups excluding carboxylic acids is 2. The van der Waals surface area contributed by atoms with Gasteiger partial charge in [0.25, 0.3) is 0 Å². The summed E-state index contributed by atoms with van der Waals surface area (Å²) >= 11 is 0. The number of carboxylic acid groups (broad SMARTS) is 4. The van der Waals surface area contributed by atoms with Gasteiger partial charge in [0.15, 0.2) is 0 Å². The van der Waals surface area contributed by atoms with Crippen LogP contribution in [0.2, 0.25) is 0 Å². The number of ether oxygens (including phenoxy) is 2. The molecule has 0 aliphatic carbocycles. The van der Waals surface area contributed by atoms with Crippen molar-refractivity contribution in [2.45, 2.75) is 166 Å². The fourth-order valence-corrected chi connectivity index (χ4v) is 5.39. The van der Waals surface area contributed by atoms with Crippen LogP contribution in [-0.4, -0.2) is 96.9 Å². The van der Waals surface area contributed by atoms with Gasteiger partial charge in [0.05, 0.1) is 49.7 Å². The van der Waals surface area contributed by atoms with Crippen LogP contribution in [0.15, 0.2) is 0 Å². The van der Waals surface area contributed by atoms with Crippen molar-refractivity contribution in [2.24, 2.45) is 17.6 Å². The average molecular weight is 706 g/mol. The molecule has 15 heteroatoms. The maximum atomic E-state index is 12.9. The van der Waals surface area contributed by atoms with E-state index in [1.54, 1.807) is 6.92 Å². The second-order valence-corrected chi connectivity index (χ2v) is 12.9. The van der Waals surface area contributed by atoms with Gasteiger partial charge in [0.1, 0.15) is 12.2 Å². The molecule has 7 atom stereocenters. The Morgan fingerprint density at radius 3 is 1.29 bits per heavy atom. The third-order valence-electron chi connectivity index (χ3n) is 8.34. The standard InChI is InChI=1S/C34H59NO14/c1-3-4-5-6-9-12-15-27(48-31(42)19-23(33(44)45)17-29(38)39)28(49-32(43)20-24(34(46)47)18-30(40)41)16-13-10-7-8-11-14-25(36)21-26(37)22(2)35/h22-28,36-37H,3-21,35H2,1-2H3,(H,38,39)(H,40,41)(H,44,45)(H,46,47). The molecule has 284 valence electrons. The zero-order chi connectivity index (χ0) is 37.4. The van der Waals surface area contributed by atoms with E-state index in [0.717, 1.165) is 44.9 Å². The van der Waals surface area contributed by atoms with Gasteiger partial charge in [-0.1, -0.05) is 64.7 Å². The van der Waals surface area contributed by atoms with Gasteiger partial charge in [-0.3, -0.25) is 28.8 Å². The van der Waals surface area contributed by atoms with Gasteiger partial charge in [0.2, 0.25) is 0 Å². The van der Waals surface area contributed by atoms with E-state index in [0.29, 0.717) is 32.1 Å². The van der Waals surface area contributed by atoms with Crippen LogP contribution in [0.3, 0.4) is 0 Å². The molecule has 15 nitrogen and oxygen atoms in total. The second kappa shape index (κ2) is 26.6. The van der Waals surface area contributed by atoms with Gasteiger partial charge >= 0.3 is 35.8 Å². The fraction of sp³-hybridized carbons (Fsp3) is 0.824. The number of carboxylic acids is 4. The number of aliphatic carboxylic acids is 4. The zero-order valence-corrected chi connectivity index (χ0v) is 29.0. The number of esters is 2. The molecule has 0 bridgehead atoms. The highest BCUT2D eigenvalue weighted by atomic mass is 16.6. The molecule has 0 amide bonds. The first-order valence-electron chi connectivity index (χ1n) is 17.5. The maximum Gasteiger partial charge on any atom is 0.307 e. The third-order valence-corrected chi connectivity index (χ3v) is 8.34. The molecule has 0 aromatic carbocycles. The maximum absolute atomic E-state index is 12.9. The minimum Gasteiger partial charge on any atom is -0.481 e. The molecular weight excluding hydrogens is 646 g/mol. The third kappa shape index (κ3) is 23.7. The van der Waals surface area contributed by atoms with Crippen molar-refractivity contribution in [3.8, 4) is 0 Å². The molecule has 0 radical (unpaired) electrons. The number of unbranched alkanes of at least 4 members (excludes halogenated alkanes) is 9. The molecule has 0 aliphatic rings. The van der Waals surface area contributed by atoms with E-state index in [9.17, 15) is 49.2 Å². The Bertz CT molecular complexity index is 1000. The van der Waals surface area contributed by atoms with Crippen LogP contribution in [0, 0.1) is 11.8 Å². The van der Waals surface area contributed by atoms with Crippen LogP contribution in [0.4, 0.5) is 0 Å². The largest absolute Gasteiger partial charge is 0.481 e. The summed E-state index contributed by atoms with van der Waals surface area (Å²) in [5.41, 5.74) is 5.64. The first kappa shape index (κ1) is 45.7. The van der Waals surface area contributed by atoms with Gasteiger partial charge < -0.3 is 45.8 Å². The highest BCUT2D eigenvalue weighted by Gasteiger charge is 2.33. The lowest BCUT2D eigenvalue weighted by atomic mass is 9.97. The van der Waals surface area contributed by atoms with Crippen LogP contribution in [0.25, 0.3) is 0 Å². The highest BCUT2D eigenvalue weighted by molar-refractivity contribution is 5.83. The number of hydrogen-bond donors (Lipinski definition) is 7. The molecule has 0 heterocycles. The number of rotatable bonds is 31. The summed E-state index contributed by atoms with van der Waals surface area (Å²) in [6.45, 7) is 3.74. The second-order valence-electron chi connectivity index (χ2n) is 12.9. The molecule has 0 fully saturated rings. The number of aliphatic hydroxyl groups is 2. The monoisotopic (exact) mass is 705 g/mol. The Morgan fingerprint density at radius 1 is 0.571 bits per heavy atom. The van der Waals surface area contributed by atoms with Gasteiger partial charge in [-0.15, -0.1) is 0 Å². The molecule has 0 rings (SSSR count). The van der Waals surface area contributed by atoms with E-state index < -0.39 is 104 Å². The molecule has 8 N–H and O–H groups in total. The van der Waals surface area contributed by atoms with Crippen LogP contribution < -0.4 is 5.73 Å². The molecular formula is C34H59NO14. The Balaban J connectivity index is 5.72. The molecule has 0 aliphatic heterocycles. The molecule has 0 spiro atoms. The van der Waals surface area contributed by atoms with Crippen LogP contribution in [0.5, 0.6) is 0 Å². The normalized spacial score (nSPS) is 15.6. The van der Waals surface area contributed by atoms with Crippen LogP contribution in [0.1, 0.15) is 136 Å². The lowest BCUT2D eigenvalue weighted by Gasteiger charge is -2.28. The molecule has 0 aromatic rings. The highest BCUT2D eigenvalue weighted by Crippen LogP contribution is 2.24. The summed E-state index contributed by atoms with van der Waals surface area (Å²) in [5, 5.41) is 56.9. The summed E-state index contributed by atoms with van der Waals surface area (Å²) in [7, 11) is 0. The van der Waals surface area contributed by atoms with E-state index in [2.05, 4.69) is 6.92 Å². The predicted octanol–water partition coefficient (Wildman–Crippen LogP) is 3.88. The van der Waals surface area contributed by atoms with Gasteiger partial charge in [-0.25, -0.2) is 0 Å². The minimum absolute atomic E-state index is 0.183. The van der Waals surface area contributed by atoms with Gasteiger partial charge in [0, 0.05) is 12.5 Å². The number of nitrogens with two attached hydrogens (primary N) is 1. The van der Waals surface area contributed by atoms with Crippen LogP contribution in [-0.2, 0) is 38.2 Å². The SMILES string of the molecule is CCCCCCCCC(OC(=O)CC(CC(=O)O)C(=O)O)C(CCCCCCCC(O)CC(O)C(C)N)OC(=O)CC(CC(=O)O)C(=O)O. The molecule has 0 aromatic heterocycles.